The van der Waals surface area contributed by atoms with Crippen LogP contribution in [0.3, 0.4) is 0 Å². The summed E-state index contributed by atoms with van der Waals surface area (Å²) in [6.45, 7) is 8.39. The lowest BCUT2D eigenvalue weighted by molar-refractivity contribution is -0.0298. The summed E-state index contributed by atoms with van der Waals surface area (Å²) in [6.07, 6.45) is 1.74. The summed E-state index contributed by atoms with van der Waals surface area (Å²) < 4.78 is 7.09. The predicted octanol–water partition coefficient (Wildman–Crippen LogP) is 2.45. The molecule has 32 heavy (non-hydrogen) atoms. The number of benzene rings is 1. The fraction of sp³-hybridized carbons (Fsp3) is 0.458. The van der Waals surface area contributed by atoms with Crippen molar-refractivity contribution in [2.45, 2.75) is 26.4 Å². The summed E-state index contributed by atoms with van der Waals surface area (Å²) in [5, 5.41) is 8.34. The lowest BCUT2D eigenvalue weighted by atomic mass is 10.0. The van der Waals surface area contributed by atoms with Gasteiger partial charge in [0.05, 0.1) is 36.1 Å². The maximum atomic E-state index is 13.1. The van der Waals surface area contributed by atoms with Crippen LogP contribution >= 0.6 is 0 Å². The number of pyridine rings is 1. The first-order valence-electron chi connectivity index (χ1n) is 11.2. The van der Waals surface area contributed by atoms with Crippen molar-refractivity contribution in [1.29, 1.82) is 0 Å². The SMILES string of the molecule is CC(C)n1ncc2c(C(=O)NCC3COC3)cc(-c3cccc(CN(C)CCN)c3)nc21. The number of likely N-dealkylation sites (N-methyl/N-ethyl adjacent to an activating group) is 1. The summed E-state index contributed by atoms with van der Waals surface area (Å²) in [5.74, 6) is 0.281. The number of carbonyl (C=O) groups excluding carboxylic acids is 1. The molecule has 0 bridgehead atoms. The molecule has 0 radical (unpaired) electrons. The summed E-state index contributed by atoms with van der Waals surface area (Å²) in [7, 11) is 2.06. The van der Waals surface area contributed by atoms with Crippen LogP contribution in [0.25, 0.3) is 22.3 Å². The Morgan fingerprint density at radius 3 is 2.84 bits per heavy atom. The molecule has 170 valence electrons. The van der Waals surface area contributed by atoms with E-state index in [4.69, 9.17) is 15.5 Å². The molecule has 0 spiro atoms. The normalized spacial score (nSPS) is 14.3. The largest absolute Gasteiger partial charge is 0.381 e. The van der Waals surface area contributed by atoms with Crippen LogP contribution in [0.4, 0.5) is 0 Å². The van der Waals surface area contributed by atoms with Gasteiger partial charge in [0, 0.05) is 43.7 Å². The number of rotatable bonds is 9. The molecule has 4 rings (SSSR count). The highest BCUT2D eigenvalue weighted by molar-refractivity contribution is 6.06. The van der Waals surface area contributed by atoms with Gasteiger partial charge in [0.25, 0.3) is 5.91 Å². The van der Waals surface area contributed by atoms with Gasteiger partial charge in [-0.05, 0) is 38.6 Å². The zero-order chi connectivity index (χ0) is 22.7. The van der Waals surface area contributed by atoms with E-state index in [0.29, 0.717) is 37.8 Å². The molecule has 3 heterocycles. The predicted molar refractivity (Wildman–Crippen MR) is 125 cm³/mol. The van der Waals surface area contributed by atoms with Crippen molar-refractivity contribution in [3.8, 4) is 11.3 Å². The van der Waals surface area contributed by atoms with Crippen molar-refractivity contribution < 1.29 is 9.53 Å². The highest BCUT2D eigenvalue weighted by Gasteiger charge is 2.22. The first kappa shape index (κ1) is 22.4. The minimum Gasteiger partial charge on any atom is -0.381 e. The van der Waals surface area contributed by atoms with Crippen LogP contribution in [0.2, 0.25) is 0 Å². The van der Waals surface area contributed by atoms with Crippen molar-refractivity contribution >= 4 is 16.9 Å². The molecule has 1 saturated heterocycles. The van der Waals surface area contributed by atoms with Crippen LogP contribution in [-0.2, 0) is 11.3 Å². The maximum absolute atomic E-state index is 13.1. The molecule has 8 heteroatoms. The van der Waals surface area contributed by atoms with Gasteiger partial charge in [0.2, 0.25) is 0 Å². The molecule has 0 saturated carbocycles. The third-order valence-electron chi connectivity index (χ3n) is 5.74. The number of nitrogens with two attached hydrogens (primary N) is 1. The second kappa shape index (κ2) is 9.77. The summed E-state index contributed by atoms with van der Waals surface area (Å²) >= 11 is 0. The number of hydrogen-bond donors (Lipinski definition) is 2. The summed E-state index contributed by atoms with van der Waals surface area (Å²) in [6, 6.07) is 10.3. The lowest BCUT2D eigenvalue weighted by Gasteiger charge is -2.26. The van der Waals surface area contributed by atoms with Crippen molar-refractivity contribution in [2.24, 2.45) is 11.7 Å². The molecule has 1 fully saturated rings. The minimum atomic E-state index is -0.104. The van der Waals surface area contributed by atoms with Gasteiger partial charge in [-0.25, -0.2) is 9.67 Å². The van der Waals surface area contributed by atoms with E-state index in [1.807, 2.05) is 22.9 Å². The number of nitrogens with one attached hydrogen (secondary N) is 1. The molecule has 0 atom stereocenters. The molecule has 3 N–H and O–H groups in total. The smallest absolute Gasteiger partial charge is 0.252 e. The molecular formula is C24H32N6O2. The number of fused-ring (bicyclic) bond motifs is 1. The zero-order valence-corrected chi connectivity index (χ0v) is 19.0. The molecule has 0 aliphatic carbocycles. The third kappa shape index (κ3) is 4.82. The van der Waals surface area contributed by atoms with Crippen LogP contribution in [0, 0.1) is 5.92 Å². The fourth-order valence-corrected chi connectivity index (χ4v) is 3.91. The molecule has 2 aromatic heterocycles. The van der Waals surface area contributed by atoms with E-state index < -0.39 is 0 Å². The van der Waals surface area contributed by atoms with Gasteiger partial charge < -0.3 is 20.7 Å². The Balaban J connectivity index is 1.71. The van der Waals surface area contributed by atoms with Crippen LogP contribution in [0.5, 0.6) is 0 Å². The Kier molecular flexibility index (Phi) is 6.83. The second-order valence-electron chi connectivity index (χ2n) is 8.82. The minimum absolute atomic E-state index is 0.104. The molecule has 8 nitrogen and oxygen atoms in total. The maximum Gasteiger partial charge on any atom is 0.252 e. The topological polar surface area (TPSA) is 98.3 Å². The van der Waals surface area contributed by atoms with E-state index in [1.165, 1.54) is 5.56 Å². The van der Waals surface area contributed by atoms with Crippen molar-refractivity contribution in [3.63, 3.8) is 0 Å². The summed E-state index contributed by atoms with van der Waals surface area (Å²) in [4.78, 5) is 20.2. The van der Waals surface area contributed by atoms with E-state index >= 15 is 0 Å². The quantitative estimate of drug-likeness (QED) is 0.535. The first-order chi connectivity index (χ1) is 15.5. The number of amides is 1. The molecular weight excluding hydrogens is 404 g/mol. The van der Waals surface area contributed by atoms with Gasteiger partial charge in [-0.15, -0.1) is 0 Å². The molecule has 1 aromatic carbocycles. The van der Waals surface area contributed by atoms with Gasteiger partial charge in [-0.1, -0.05) is 18.2 Å². The zero-order valence-electron chi connectivity index (χ0n) is 19.0. The van der Waals surface area contributed by atoms with E-state index in [-0.39, 0.29) is 11.9 Å². The standard InChI is InChI=1S/C24H32N6O2/c1-16(2)30-23-21(12-27-30)20(24(31)26-11-18-14-32-15-18)10-22(28-23)19-6-4-5-17(9-19)13-29(3)8-7-25/h4-6,9-10,12,16,18H,7-8,11,13-15,25H2,1-3H3,(H,26,31). The van der Waals surface area contributed by atoms with Gasteiger partial charge in [0.1, 0.15) is 0 Å². The van der Waals surface area contributed by atoms with Crippen molar-refractivity contribution in [3.05, 3.63) is 47.7 Å². The molecule has 3 aromatic rings. The van der Waals surface area contributed by atoms with E-state index in [9.17, 15) is 4.79 Å². The van der Waals surface area contributed by atoms with Crippen LogP contribution in [0.15, 0.2) is 36.5 Å². The van der Waals surface area contributed by atoms with Gasteiger partial charge in [0.15, 0.2) is 5.65 Å². The Hall–Kier alpha value is -2.81. The molecule has 1 aliphatic heterocycles. The van der Waals surface area contributed by atoms with Gasteiger partial charge >= 0.3 is 0 Å². The highest BCUT2D eigenvalue weighted by atomic mass is 16.5. The number of aromatic nitrogens is 3. The Morgan fingerprint density at radius 1 is 1.34 bits per heavy atom. The number of carbonyl (C=O) groups is 1. The Morgan fingerprint density at radius 2 is 2.16 bits per heavy atom. The number of nitrogens with zero attached hydrogens (tertiary/aromatic N) is 4. The molecule has 1 aliphatic rings. The van der Waals surface area contributed by atoms with E-state index in [1.54, 1.807) is 6.20 Å². The second-order valence-corrected chi connectivity index (χ2v) is 8.82. The van der Waals surface area contributed by atoms with Gasteiger partial charge in [-0.2, -0.15) is 5.10 Å². The fourth-order valence-electron chi connectivity index (χ4n) is 3.91. The van der Waals surface area contributed by atoms with Crippen LogP contribution in [-0.4, -0.2) is 65.5 Å². The van der Waals surface area contributed by atoms with Gasteiger partial charge in [-0.3, -0.25) is 4.79 Å². The third-order valence-corrected chi connectivity index (χ3v) is 5.74. The average molecular weight is 437 g/mol. The summed E-state index contributed by atoms with van der Waals surface area (Å²) in [5.41, 5.74) is 9.92. The van der Waals surface area contributed by atoms with Crippen LogP contribution < -0.4 is 11.1 Å². The van der Waals surface area contributed by atoms with Crippen molar-refractivity contribution in [2.75, 3.05) is 39.9 Å². The van der Waals surface area contributed by atoms with Crippen LogP contribution in [0.1, 0.15) is 35.8 Å². The lowest BCUT2D eigenvalue weighted by Crippen LogP contribution is -2.39. The van der Waals surface area contributed by atoms with Crippen molar-refractivity contribution in [1.82, 2.24) is 25.0 Å². The van der Waals surface area contributed by atoms with E-state index in [0.717, 1.165) is 35.4 Å². The molecule has 1 amide bonds. The number of hydrogen-bond acceptors (Lipinski definition) is 6. The average Bonchev–Trinajstić information content (AvgIpc) is 3.16. The molecule has 0 unspecified atom stereocenters. The number of ether oxygens (including phenoxy) is 1. The Bertz CT molecular complexity index is 1090. The highest BCUT2D eigenvalue weighted by Crippen LogP contribution is 2.27. The monoisotopic (exact) mass is 436 g/mol. The first-order valence-corrected chi connectivity index (χ1v) is 11.2. The Labute approximate surface area is 188 Å². The van der Waals surface area contributed by atoms with E-state index in [2.05, 4.69) is 48.3 Å².